The number of fused-ring (bicyclic) bond motifs is 1. The predicted molar refractivity (Wildman–Crippen MR) is 158 cm³/mol. The topological polar surface area (TPSA) is 63.6 Å². The fourth-order valence-electron chi connectivity index (χ4n) is 5.35. The second-order valence-corrected chi connectivity index (χ2v) is 10.3. The monoisotopic (exact) mass is 521 g/mol. The molecule has 1 N–H and O–H groups in total. The van der Waals surface area contributed by atoms with E-state index in [1.54, 1.807) is 14.0 Å². The van der Waals surface area contributed by atoms with Gasteiger partial charge in [0.2, 0.25) is 5.91 Å². The Bertz CT molecular complexity index is 1580. The van der Waals surface area contributed by atoms with Crippen molar-refractivity contribution in [1.82, 2.24) is 14.8 Å². The Morgan fingerprint density at radius 3 is 2.44 bits per heavy atom. The first-order valence-corrected chi connectivity index (χ1v) is 13.5. The van der Waals surface area contributed by atoms with Crippen molar-refractivity contribution in [3.05, 3.63) is 101 Å². The third kappa shape index (κ3) is 6.13. The average molecular weight is 522 g/mol. The summed E-state index contributed by atoms with van der Waals surface area (Å²) in [7, 11) is 1.61. The zero-order valence-electron chi connectivity index (χ0n) is 22.7. The number of nitrogens with one attached hydrogen (secondary N) is 1. The summed E-state index contributed by atoms with van der Waals surface area (Å²) in [6, 6.07) is 24.1. The smallest absolute Gasteiger partial charge is 0.259 e. The van der Waals surface area contributed by atoms with E-state index >= 15 is 0 Å². The molecule has 6 heteroatoms. The van der Waals surface area contributed by atoms with Gasteiger partial charge in [-0.05, 0) is 85.3 Å². The van der Waals surface area contributed by atoms with Gasteiger partial charge >= 0.3 is 0 Å². The number of rotatable bonds is 8. The number of amides is 1. The maximum atomic E-state index is 13.9. The van der Waals surface area contributed by atoms with Gasteiger partial charge in [0, 0.05) is 23.2 Å². The molecule has 0 aliphatic carbocycles. The molecule has 1 fully saturated rings. The molecule has 39 heavy (non-hydrogen) atoms. The highest BCUT2D eigenvalue weighted by atomic mass is 16.5. The van der Waals surface area contributed by atoms with Gasteiger partial charge < -0.3 is 10.1 Å². The lowest BCUT2D eigenvalue weighted by Crippen LogP contribution is -2.32. The molecule has 4 aromatic rings. The van der Waals surface area contributed by atoms with Crippen LogP contribution in [0, 0.1) is 0 Å². The van der Waals surface area contributed by atoms with Gasteiger partial charge in [0.1, 0.15) is 12.3 Å². The van der Waals surface area contributed by atoms with Crippen molar-refractivity contribution < 1.29 is 9.53 Å². The van der Waals surface area contributed by atoms with Crippen LogP contribution in [0.25, 0.3) is 33.2 Å². The van der Waals surface area contributed by atoms with Crippen molar-refractivity contribution in [2.45, 2.75) is 39.3 Å². The number of methoxy groups -OCH3 is 1. The van der Waals surface area contributed by atoms with Gasteiger partial charge in [-0.2, -0.15) is 0 Å². The summed E-state index contributed by atoms with van der Waals surface area (Å²) < 4.78 is 6.94. The van der Waals surface area contributed by atoms with Crippen molar-refractivity contribution >= 4 is 16.7 Å². The maximum absolute atomic E-state index is 13.9. The molecule has 0 atom stereocenters. The van der Waals surface area contributed by atoms with Crippen LogP contribution in [0.3, 0.4) is 0 Å². The van der Waals surface area contributed by atoms with Crippen molar-refractivity contribution in [3.63, 3.8) is 0 Å². The highest BCUT2D eigenvalue weighted by Gasteiger charge is 2.16. The van der Waals surface area contributed by atoms with Crippen LogP contribution in [0.5, 0.6) is 5.75 Å². The highest BCUT2D eigenvalue weighted by Crippen LogP contribution is 2.29. The van der Waals surface area contributed by atoms with Gasteiger partial charge in [-0.15, -0.1) is 0 Å². The Morgan fingerprint density at radius 1 is 0.923 bits per heavy atom. The Balaban J connectivity index is 1.57. The summed E-state index contributed by atoms with van der Waals surface area (Å²) in [5.41, 5.74) is 5.10. The molecule has 1 aliphatic heterocycles. The van der Waals surface area contributed by atoms with Crippen LogP contribution in [-0.4, -0.2) is 35.6 Å². The number of benzene rings is 3. The molecule has 5 rings (SSSR count). The molecule has 0 unspecified atom stereocenters. The Labute approximate surface area is 229 Å². The normalized spacial score (nSPS) is 13.8. The van der Waals surface area contributed by atoms with Crippen LogP contribution in [-0.2, 0) is 17.9 Å². The molecule has 1 saturated heterocycles. The van der Waals surface area contributed by atoms with E-state index in [0.717, 1.165) is 41.7 Å². The molecule has 0 radical (unpaired) electrons. The van der Waals surface area contributed by atoms with Crippen molar-refractivity contribution in [3.8, 4) is 28.1 Å². The van der Waals surface area contributed by atoms with E-state index in [9.17, 15) is 9.59 Å². The van der Waals surface area contributed by atoms with Gasteiger partial charge in [0.05, 0.1) is 12.8 Å². The fraction of sp³-hybridized carbons (Fsp3) is 0.273. The van der Waals surface area contributed by atoms with E-state index in [1.165, 1.54) is 29.4 Å². The molecule has 3 aromatic carbocycles. The number of aromatic nitrogens is 1. The molecule has 1 aromatic heterocycles. The zero-order valence-corrected chi connectivity index (χ0v) is 22.7. The van der Waals surface area contributed by atoms with Crippen LogP contribution in [0.2, 0.25) is 0 Å². The molecule has 1 aliphatic rings. The number of likely N-dealkylation sites (tertiary alicyclic amines) is 1. The molecule has 0 bridgehead atoms. The number of hydrogen-bond acceptors (Lipinski definition) is 4. The lowest BCUT2D eigenvalue weighted by Gasteiger charge is -2.26. The second kappa shape index (κ2) is 11.7. The largest absolute Gasteiger partial charge is 0.497 e. The van der Waals surface area contributed by atoms with E-state index in [4.69, 9.17) is 4.74 Å². The van der Waals surface area contributed by atoms with Gasteiger partial charge in [-0.3, -0.25) is 19.1 Å². The zero-order chi connectivity index (χ0) is 27.4. The summed E-state index contributed by atoms with van der Waals surface area (Å²) >= 11 is 0. The van der Waals surface area contributed by atoms with Gasteiger partial charge in [0.25, 0.3) is 5.56 Å². The van der Waals surface area contributed by atoms with E-state index in [1.807, 2.05) is 42.5 Å². The van der Waals surface area contributed by atoms with Gasteiger partial charge in [-0.1, -0.05) is 55.5 Å². The van der Waals surface area contributed by atoms with Crippen LogP contribution < -0.4 is 15.6 Å². The van der Waals surface area contributed by atoms with E-state index in [2.05, 4.69) is 47.1 Å². The lowest BCUT2D eigenvalue weighted by atomic mass is 9.98. The molecular formula is C33H35N3O3. The Morgan fingerprint density at radius 2 is 1.67 bits per heavy atom. The fourth-order valence-corrected chi connectivity index (χ4v) is 5.35. The molecule has 0 spiro atoms. The summed E-state index contributed by atoms with van der Waals surface area (Å²) in [6.45, 7) is 8.59. The standard InChI is InChI=1S/C33H35N3O3/c1-23(2)34-32(37)22-36-31(28-11-8-12-29(18-28)39-3)20-27-14-13-26(19-30(27)33(36)38)25-10-7-9-24(17-25)21-35-15-5-4-6-16-35/h7-14,17-20H,1,4-6,15-16,21-22H2,2-3H3,(H,34,37). The molecule has 2 heterocycles. The minimum Gasteiger partial charge on any atom is -0.497 e. The highest BCUT2D eigenvalue weighted by molar-refractivity contribution is 5.90. The van der Waals surface area contributed by atoms with Gasteiger partial charge in [-0.25, -0.2) is 0 Å². The molecule has 200 valence electrons. The average Bonchev–Trinajstić information content (AvgIpc) is 2.94. The van der Waals surface area contributed by atoms with Crippen LogP contribution in [0.15, 0.2) is 89.9 Å². The first kappa shape index (κ1) is 26.4. The minimum atomic E-state index is -0.297. The molecule has 1 amide bonds. The van der Waals surface area contributed by atoms with Crippen molar-refractivity contribution in [2.24, 2.45) is 0 Å². The van der Waals surface area contributed by atoms with E-state index in [-0.39, 0.29) is 18.0 Å². The lowest BCUT2D eigenvalue weighted by molar-refractivity contribution is -0.120. The Kier molecular flexibility index (Phi) is 7.94. The molecule has 0 saturated carbocycles. The van der Waals surface area contributed by atoms with Gasteiger partial charge in [0.15, 0.2) is 0 Å². The third-order valence-corrected chi connectivity index (χ3v) is 7.25. The number of hydrogen-bond donors (Lipinski definition) is 1. The SMILES string of the molecule is C=C(C)NC(=O)Cn1c(-c2cccc(OC)c2)cc2ccc(-c3cccc(CN4CCCCC4)c3)cc2c1=O. The number of piperidine rings is 1. The van der Waals surface area contributed by atoms with Crippen LogP contribution >= 0.6 is 0 Å². The number of pyridine rings is 1. The second-order valence-electron chi connectivity index (χ2n) is 10.3. The minimum absolute atomic E-state index is 0.121. The first-order valence-electron chi connectivity index (χ1n) is 13.5. The first-order chi connectivity index (χ1) is 18.9. The van der Waals surface area contributed by atoms with Crippen LogP contribution in [0.4, 0.5) is 0 Å². The van der Waals surface area contributed by atoms with E-state index in [0.29, 0.717) is 22.5 Å². The number of carbonyl (C=O) groups is 1. The maximum Gasteiger partial charge on any atom is 0.259 e. The number of ether oxygens (including phenoxy) is 1. The quantitative estimate of drug-likeness (QED) is 0.310. The molecular weight excluding hydrogens is 486 g/mol. The number of nitrogens with zero attached hydrogens (tertiary/aromatic N) is 2. The summed E-state index contributed by atoms with van der Waals surface area (Å²) in [4.78, 5) is 29.2. The van der Waals surface area contributed by atoms with Crippen molar-refractivity contribution in [2.75, 3.05) is 20.2 Å². The van der Waals surface area contributed by atoms with E-state index < -0.39 is 0 Å². The van der Waals surface area contributed by atoms with Crippen molar-refractivity contribution in [1.29, 1.82) is 0 Å². The Hall–Kier alpha value is -4.16. The summed E-state index contributed by atoms with van der Waals surface area (Å²) in [5.74, 6) is 0.382. The summed E-state index contributed by atoms with van der Waals surface area (Å²) in [5, 5.41) is 4.12. The third-order valence-electron chi connectivity index (χ3n) is 7.25. The molecule has 6 nitrogen and oxygen atoms in total. The van der Waals surface area contributed by atoms with Crippen LogP contribution in [0.1, 0.15) is 31.7 Å². The predicted octanol–water partition coefficient (Wildman–Crippen LogP) is 5.98. The summed E-state index contributed by atoms with van der Waals surface area (Å²) in [6.07, 6.45) is 3.84. The number of allylic oxidation sites excluding steroid dienone is 1. The number of carbonyl (C=O) groups excluding carboxylic acids is 1.